The maximum absolute atomic E-state index is 13.7. The fraction of sp³-hybridized carbons (Fsp3) is 0.360. The van der Waals surface area contributed by atoms with Gasteiger partial charge in [0, 0.05) is 37.4 Å². The molecule has 6 heteroatoms. The zero-order valence-corrected chi connectivity index (χ0v) is 18.2. The minimum absolute atomic E-state index is 0.0147. The number of imidazole rings is 1. The third-order valence-corrected chi connectivity index (χ3v) is 5.92. The van der Waals surface area contributed by atoms with Gasteiger partial charge in [-0.3, -0.25) is 0 Å². The van der Waals surface area contributed by atoms with Crippen LogP contribution in [0, 0.1) is 12.7 Å². The zero-order chi connectivity index (χ0) is 21.7. The fourth-order valence-corrected chi connectivity index (χ4v) is 3.90. The summed E-state index contributed by atoms with van der Waals surface area (Å²) in [4.78, 5) is 9.07. The topological polar surface area (TPSA) is 54.2 Å². The van der Waals surface area contributed by atoms with Crippen LogP contribution in [0.25, 0.3) is 0 Å². The summed E-state index contributed by atoms with van der Waals surface area (Å²) in [5.41, 5.74) is 3.48. The Bertz CT molecular complexity index is 1050. The van der Waals surface area contributed by atoms with Gasteiger partial charge in [-0.25, -0.2) is 14.4 Å². The van der Waals surface area contributed by atoms with Crippen molar-refractivity contribution in [2.75, 3.05) is 13.1 Å². The number of rotatable bonds is 8. The van der Waals surface area contributed by atoms with Crippen molar-refractivity contribution in [2.24, 2.45) is 4.99 Å². The van der Waals surface area contributed by atoms with Crippen molar-refractivity contribution in [3.63, 3.8) is 0 Å². The molecule has 1 aliphatic carbocycles. The Hall–Kier alpha value is -3.15. The third kappa shape index (κ3) is 5.32. The summed E-state index contributed by atoms with van der Waals surface area (Å²) in [5, 5.41) is 6.80. The lowest BCUT2D eigenvalue weighted by atomic mass is 9.96. The van der Waals surface area contributed by atoms with E-state index in [-0.39, 0.29) is 11.2 Å². The van der Waals surface area contributed by atoms with Gasteiger partial charge in [0.25, 0.3) is 0 Å². The number of guanidine groups is 1. The van der Waals surface area contributed by atoms with Crippen LogP contribution in [0.2, 0.25) is 0 Å². The number of hydrogen-bond donors (Lipinski definition) is 2. The Morgan fingerprint density at radius 3 is 2.65 bits per heavy atom. The Kier molecular flexibility index (Phi) is 6.35. The lowest BCUT2D eigenvalue weighted by molar-refractivity contribution is 0.607. The fourth-order valence-electron chi connectivity index (χ4n) is 3.90. The zero-order valence-electron chi connectivity index (χ0n) is 18.2. The van der Waals surface area contributed by atoms with Gasteiger partial charge in [-0.1, -0.05) is 36.4 Å². The van der Waals surface area contributed by atoms with Crippen LogP contribution in [0.15, 0.2) is 65.9 Å². The highest BCUT2D eigenvalue weighted by Gasteiger charge is 2.44. The Balaban J connectivity index is 1.40. The smallest absolute Gasteiger partial charge is 0.191 e. The second-order valence-corrected chi connectivity index (χ2v) is 8.26. The normalized spacial score (nSPS) is 15.0. The van der Waals surface area contributed by atoms with Crippen molar-refractivity contribution >= 4 is 5.96 Å². The number of halogens is 1. The largest absolute Gasteiger partial charge is 0.357 e. The van der Waals surface area contributed by atoms with E-state index in [0.717, 1.165) is 49.8 Å². The van der Waals surface area contributed by atoms with Crippen molar-refractivity contribution < 1.29 is 4.39 Å². The van der Waals surface area contributed by atoms with Crippen molar-refractivity contribution in [1.29, 1.82) is 0 Å². The van der Waals surface area contributed by atoms with Crippen molar-refractivity contribution in [2.45, 2.75) is 45.2 Å². The predicted molar refractivity (Wildman–Crippen MR) is 123 cm³/mol. The second-order valence-electron chi connectivity index (χ2n) is 8.26. The SMILES string of the molecule is CCNC(=NCc1cccc(Cn2ccnc2C)c1)NCC1(c2cccc(F)c2)CC1. The van der Waals surface area contributed by atoms with Gasteiger partial charge in [-0.05, 0) is 55.5 Å². The van der Waals surface area contributed by atoms with E-state index < -0.39 is 0 Å². The Morgan fingerprint density at radius 2 is 1.94 bits per heavy atom. The molecule has 162 valence electrons. The molecule has 2 N–H and O–H groups in total. The molecule has 0 atom stereocenters. The summed E-state index contributed by atoms with van der Waals surface area (Å²) in [6.07, 6.45) is 5.96. The van der Waals surface area contributed by atoms with Crippen LogP contribution >= 0.6 is 0 Å². The molecule has 0 spiro atoms. The van der Waals surface area contributed by atoms with Crippen molar-refractivity contribution in [1.82, 2.24) is 20.2 Å². The molecule has 5 nitrogen and oxygen atoms in total. The van der Waals surface area contributed by atoms with Gasteiger partial charge in [0.2, 0.25) is 0 Å². The number of aliphatic imine (C=N–C) groups is 1. The van der Waals surface area contributed by atoms with Crippen LogP contribution < -0.4 is 10.6 Å². The number of nitrogens with one attached hydrogen (secondary N) is 2. The summed E-state index contributed by atoms with van der Waals surface area (Å²) in [7, 11) is 0. The van der Waals surface area contributed by atoms with Gasteiger partial charge in [-0.15, -0.1) is 0 Å². The highest BCUT2D eigenvalue weighted by Crippen LogP contribution is 2.47. The van der Waals surface area contributed by atoms with E-state index in [4.69, 9.17) is 4.99 Å². The summed E-state index contributed by atoms with van der Waals surface area (Å²) in [5.74, 6) is 1.63. The molecule has 1 saturated carbocycles. The molecule has 0 aliphatic heterocycles. The maximum atomic E-state index is 13.7. The Morgan fingerprint density at radius 1 is 1.13 bits per heavy atom. The average Bonchev–Trinajstić information content (AvgIpc) is 3.47. The molecule has 0 saturated heterocycles. The summed E-state index contributed by atoms with van der Waals surface area (Å²) in [6, 6.07) is 15.5. The highest BCUT2D eigenvalue weighted by molar-refractivity contribution is 5.80. The third-order valence-electron chi connectivity index (χ3n) is 5.92. The summed E-state index contributed by atoms with van der Waals surface area (Å²) >= 11 is 0. The van der Waals surface area contributed by atoms with Crippen molar-refractivity contribution in [3.8, 4) is 0 Å². The van der Waals surface area contributed by atoms with E-state index in [1.54, 1.807) is 12.1 Å². The van der Waals surface area contributed by atoms with Gasteiger partial charge in [0.05, 0.1) is 6.54 Å². The van der Waals surface area contributed by atoms with Gasteiger partial charge in [0.1, 0.15) is 11.6 Å². The van der Waals surface area contributed by atoms with Gasteiger partial charge in [-0.2, -0.15) is 0 Å². The molecule has 0 unspecified atom stereocenters. The highest BCUT2D eigenvalue weighted by atomic mass is 19.1. The molecule has 31 heavy (non-hydrogen) atoms. The monoisotopic (exact) mass is 419 g/mol. The average molecular weight is 420 g/mol. The van der Waals surface area contributed by atoms with E-state index >= 15 is 0 Å². The molecule has 1 aliphatic rings. The molecule has 0 radical (unpaired) electrons. The molecule has 1 heterocycles. The summed E-state index contributed by atoms with van der Waals surface area (Å²) < 4.78 is 15.8. The van der Waals surface area contributed by atoms with Crippen LogP contribution in [0.1, 0.15) is 42.3 Å². The van der Waals surface area contributed by atoms with Gasteiger partial charge >= 0.3 is 0 Å². The first kappa shape index (κ1) is 21.1. The van der Waals surface area contributed by atoms with Crippen LogP contribution in [0.5, 0.6) is 0 Å². The van der Waals surface area contributed by atoms with Crippen LogP contribution in [0.4, 0.5) is 4.39 Å². The van der Waals surface area contributed by atoms with Gasteiger partial charge in [0.15, 0.2) is 5.96 Å². The lowest BCUT2D eigenvalue weighted by Crippen LogP contribution is -2.41. The predicted octanol–water partition coefficient (Wildman–Crippen LogP) is 4.17. The number of benzene rings is 2. The molecule has 2 aromatic carbocycles. The molecule has 0 bridgehead atoms. The lowest BCUT2D eigenvalue weighted by Gasteiger charge is -2.19. The van der Waals surface area contributed by atoms with Crippen LogP contribution in [0.3, 0.4) is 0 Å². The number of hydrogen-bond acceptors (Lipinski definition) is 2. The standard InChI is InChI=1S/C25H30FN5/c1-3-27-24(30-18-25(10-11-25)22-8-5-9-23(26)15-22)29-16-20-6-4-7-21(14-20)17-31-13-12-28-19(31)2/h4-9,12-15H,3,10-11,16-18H2,1-2H3,(H2,27,29,30). The van der Waals surface area contributed by atoms with Crippen molar-refractivity contribution in [3.05, 3.63) is 89.3 Å². The quantitative estimate of drug-likeness (QED) is 0.426. The first-order valence-electron chi connectivity index (χ1n) is 10.9. The molecular weight excluding hydrogens is 389 g/mol. The first-order valence-corrected chi connectivity index (χ1v) is 10.9. The van der Waals surface area contributed by atoms with E-state index in [2.05, 4.69) is 51.4 Å². The number of aromatic nitrogens is 2. The molecular formula is C25H30FN5. The first-order chi connectivity index (χ1) is 15.1. The molecule has 1 aromatic heterocycles. The molecule has 0 amide bonds. The molecule has 4 rings (SSSR count). The van der Waals surface area contributed by atoms with Crippen LogP contribution in [-0.4, -0.2) is 28.6 Å². The maximum Gasteiger partial charge on any atom is 0.191 e. The number of aryl methyl sites for hydroxylation is 1. The van der Waals surface area contributed by atoms with E-state index in [1.807, 2.05) is 25.4 Å². The summed E-state index contributed by atoms with van der Waals surface area (Å²) in [6.45, 7) is 7.02. The van der Waals surface area contributed by atoms with E-state index in [0.29, 0.717) is 6.54 Å². The minimum Gasteiger partial charge on any atom is -0.357 e. The second kappa shape index (κ2) is 9.33. The molecule has 3 aromatic rings. The van der Waals surface area contributed by atoms with Crippen LogP contribution in [-0.2, 0) is 18.5 Å². The van der Waals surface area contributed by atoms with E-state index in [9.17, 15) is 4.39 Å². The molecule has 1 fully saturated rings. The van der Waals surface area contributed by atoms with Gasteiger partial charge < -0.3 is 15.2 Å². The Labute approximate surface area is 183 Å². The number of nitrogens with zero attached hydrogens (tertiary/aromatic N) is 3. The minimum atomic E-state index is -0.171. The van der Waals surface area contributed by atoms with E-state index in [1.165, 1.54) is 17.2 Å².